The Morgan fingerprint density at radius 3 is 2.59 bits per heavy atom. The van der Waals surface area contributed by atoms with E-state index in [1.165, 1.54) is 0 Å². The molecule has 2 heterocycles. The Morgan fingerprint density at radius 2 is 2.03 bits per heavy atom. The van der Waals surface area contributed by atoms with Crippen LogP contribution in [0.2, 0.25) is 24.7 Å². The second-order valence-electron chi connectivity index (χ2n) is 10.8. The average Bonchev–Trinajstić information content (AvgIpc) is 3.41. The van der Waals surface area contributed by atoms with Gasteiger partial charge in [0.1, 0.15) is 0 Å². The lowest BCUT2D eigenvalue weighted by molar-refractivity contribution is -0.117. The number of aliphatic hydroxyl groups excluding tert-OH is 1. The summed E-state index contributed by atoms with van der Waals surface area (Å²) >= 11 is 0. The highest BCUT2D eigenvalue weighted by Gasteiger charge is 2.59. The fourth-order valence-electron chi connectivity index (χ4n) is 5.04. The summed E-state index contributed by atoms with van der Waals surface area (Å²) in [6.45, 7) is 10.8. The molecule has 3 aliphatic rings. The first-order valence-corrected chi connectivity index (χ1v) is 14.9. The zero-order valence-electron chi connectivity index (χ0n) is 19.7. The van der Waals surface area contributed by atoms with Crippen molar-refractivity contribution in [1.82, 2.24) is 20.4 Å². The molecule has 3 amide bonds. The van der Waals surface area contributed by atoms with Crippen molar-refractivity contribution in [3.63, 3.8) is 0 Å². The van der Waals surface area contributed by atoms with Crippen molar-refractivity contribution >= 4 is 25.8 Å². The lowest BCUT2D eigenvalue weighted by atomic mass is 9.93. The van der Waals surface area contributed by atoms with E-state index in [-0.39, 0.29) is 35.5 Å². The molecule has 174 valence electrons. The van der Waals surface area contributed by atoms with E-state index in [1.807, 2.05) is 38.2 Å². The number of aromatic amines is 1. The molecule has 0 bridgehead atoms. The first kappa shape index (κ1) is 22.8. The van der Waals surface area contributed by atoms with Gasteiger partial charge < -0.3 is 20.6 Å². The van der Waals surface area contributed by atoms with Gasteiger partial charge in [-0.1, -0.05) is 43.9 Å². The highest BCUT2D eigenvalue weighted by Crippen LogP contribution is 2.61. The number of allylic oxidation sites excluding steroid dienone is 3. The normalized spacial score (nSPS) is 23.6. The second-order valence-corrected chi connectivity index (χ2v) is 16.3. The number of aliphatic hydroxyl groups is 1. The second kappa shape index (κ2) is 7.88. The molecule has 1 saturated carbocycles. The van der Waals surface area contributed by atoms with Crippen LogP contribution in [0.1, 0.15) is 44.4 Å². The quantitative estimate of drug-likeness (QED) is 0.490. The van der Waals surface area contributed by atoms with Crippen molar-refractivity contribution in [2.75, 3.05) is 11.9 Å². The summed E-state index contributed by atoms with van der Waals surface area (Å²) in [7, 11) is -1.65. The first-order chi connectivity index (χ1) is 15.0. The minimum atomic E-state index is -1.65. The molecule has 9 heteroatoms. The van der Waals surface area contributed by atoms with Gasteiger partial charge in [-0.3, -0.25) is 9.89 Å². The first-order valence-electron chi connectivity index (χ1n) is 11.4. The maximum Gasteiger partial charge on any atom is 0.318 e. The molecular weight excluding hydrogens is 422 g/mol. The topological polar surface area (TPSA) is 110 Å². The minimum absolute atomic E-state index is 0.0594. The van der Waals surface area contributed by atoms with Gasteiger partial charge >= 0.3 is 6.03 Å². The van der Waals surface area contributed by atoms with Crippen LogP contribution in [-0.4, -0.2) is 52.9 Å². The number of fused-ring (bicyclic) bond motifs is 1. The number of hydrogen-bond donors (Lipinski definition) is 4. The fraction of sp³-hybridized carbons (Fsp3) is 0.609. The highest BCUT2D eigenvalue weighted by molar-refractivity contribution is 6.83. The van der Waals surface area contributed by atoms with E-state index >= 15 is 0 Å². The predicted molar refractivity (Wildman–Crippen MR) is 127 cm³/mol. The molecule has 8 nitrogen and oxygen atoms in total. The van der Waals surface area contributed by atoms with Crippen LogP contribution in [0.25, 0.3) is 0 Å². The maximum atomic E-state index is 13.2. The Labute approximate surface area is 190 Å². The number of carbonyl (C=O) groups is 2. The predicted octanol–water partition coefficient (Wildman–Crippen LogP) is 3.47. The molecule has 1 aliphatic heterocycles. The molecule has 0 saturated heterocycles. The molecule has 2 aliphatic carbocycles. The third-order valence-electron chi connectivity index (χ3n) is 7.60. The van der Waals surface area contributed by atoms with E-state index in [2.05, 4.69) is 40.5 Å². The van der Waals surface area contributed by atoms with E-state index in [0.717, 1.165) is 30.5 Å². The summed E-state index contributed by atoms with van der Waals surface area (Å²) < 4.78 is 0. The molecule has 1 aromatic heterocycles. The molecule has 32 heavy (non-hydrogen) atoms. The number of carbonyl (C=O) groups excluding carboxylic acids is 2. The molecule has 1 unspecified atom stereocenters. The van der Waals surface area contributed by atoms with Gasteiger partial charge in [-0.15, -0.1) is 0 Å². The van der Waals surface area contributed by atoms with Gasteiger partial charge in [0.2, 0.25) is 5.91 Å². The lowest BCUT2D eigenvalue weighted by Gasteiger charge is -2.34. The van der Waals surface area contributed by atoms with Gasteiger partial charge in [-0.25, -0.2) is 4.79 Å². The smallest absolute Gasteiger partial charge is 0.318 e. The van der Waals surface area contributed by atoms with Crippen molar-refractivity contribution in [2.24, 2.45) is 5.92 Å². The van der Waals surface area contributed by atoms with Crippen LogP contribution in [0.4, 0.5) is 10.6 Å². The van der Waals surface area contributed by atoms with Crippen LogP contribution in [0.5, 0.6) is 0 Å². The van der Waals surface area contributed by atoms with Crippen LogP contribution in [0.15, 0.2) is 24.3 Å². The number of aromatic nitrogens is 2. The van der Waals surface area contributed by atoms with Gasteiger partial charge in [0, 0.05) is 16.5 Å². The van der Waals surface area contributed by atoms with E-state index in [9.17, 15) is 14.7 Å². The third-order valence-corrected chi connectivity index (χ3v) is 11.2. The minimum Gasteiger partial charge on any atom is -0.394 e. The molecule has 0 spiro atoms. The number of H-pyrrole nitrogens is 1. The Hall–Kier alpha value is -2.39. The molecule has 1 fully saturated rings. The summed E-state index contributed by atoms with van der Waals surface area (Å²) in [6.07, 6.45) is 10.6. The van der Waals surface area contributed by atoms with Crippen molar-refractivity contribution in [3.8, 4) is 0 Å². The number of amides is 3. The van der Waals surface area contributed by atoms with Crippen LogP contribution in [0.3, 0.4) is 0 Å². The van der Waals surface area contributed by atoms with E-state index < -0.39 is 13.6 Å². The summed E-state index contributed by atoms with van der Waals surface area (Å²) in [6, 6.07) is -0.596. The zero-order valence-corrected chi connectivity index (χ0v) is 20.7. The SMILES string of the molecule is CC1(C)c2[nH]nc(NC(=O)C3([Si](C)(C)C)CC3)c2CN1C(=O)N[C@H](CO)C1C=CC=CC1. The van der Waals surface area contributed by atoms with Crippen molar-refractivity contribution in [1.29, 1.82) is 0 Å². The van der Waals surface area contributed by atoms with Crippen molar-refractivity contribution < 1.29 is 14.7 Å². The number of anilines is 1. The van der Waals surface area contributed by atoms with E-state index in [0.29, 0.717) is 12.4 Å². The molecular formula is C23H35N5O3Si. The van der Waals surface area contributed by atoms with Crippen LogP contribution < -0.4 is 10.6 Å². The monoisotopic (exact) mass is 457 g/mol. The zero-order chi connectivity index (χ0) is 23.3. The van der Waals surface area contributed by atoms with Crippen molar-refractivity contribution in [2.45, 2.75) is 75.9 Å². The standard InChI is InChI=1S/C23H35N5O3Si/c1-22(2)18-16(19(27-26-18)25-20(30)23(11-12-23)32(3,4)5)13-28(22)21(31)24-17(14-29)15-9-7-6-8-10-15/h6-9,15,17,29H,10-14H2,1-5H3,(H,24,31)(H2,25,26,27,30)/t15?,17-/m1/s1. The number of nitrogens with one attached hydrogen (secondary N) is 3. The van der Waals surface area contributed by atoms with Gasteiger partial charge in [-0.05, 0) is 33.1 Å². The summed E-state index contributed by atoms with van der Waals surface area (Å²) in [5.41, 5.74) is 1.07. The van der Waals surface area contributed by atoms with Gasteiger partial charge in [0.15, 0.2) is 5.82 Å². The highest BCUT2D eigenvalue weighted by atomic mass is 28.3. The molecule has 0 radical (unpaired) electrons. The number of nitrogens with zero attached hydrogens (tertiary/aromatic N) is 2. The Kier molecular flexibility index (Phi) is 5.61. The van der Waals surface area contributed by atoms with Gasteiger partial charge in [0.05, 0.1) is 38.5 Å². The Morgan fingerprint density at radius 1 is 1.31 bits per heavy atom. The average molecular weight is 458 g/mol. The van der Waals surface area contributed by atoms with Gasteiger partial charge in [-0.2, -0.15) is 5.10 Å². The fourth-order valence-corrected chi connectivity index (χ4v) is 7.41. The summed E-state index contributed by atoms with van der Waals surface area (Å²) in [5, 5.41) is 23.2. The van der Waals surface area contributed by atoms with E-state index in [4.69, 9.17) is 0 Å². The third kappa shape index (κ3) is 3.71. The number of rotatable bonds is 6. The Bertz CT molecular complexity index is 971. The Balaban J connectivity index is 1.49. The van der Waals surface area contributed by atoms with Crippen LogP contribution >= 0.6 is 0 Å². The van der Waals surface area contributed by atoms with Crippen LogP contribution in [-0.2, 0) is 16.9 Å². The molecule has 4 rings (SSSR count). The summed E-state index contributed by atoms with van der Waals surface area (Å²) in [4.78, 5) is 28.1. The van der Waals surface area contributed by atoms with Crippen molar-refractivity contribution in [3.05, 3.63) is 35.6 Å². The number of urea groups is 1. The molecule has 2 atom stereocenters. The lowest BCUT2D eigenvalue weighted by Crippen LogP contribution is -2.52. The number of hydrogen-bond acceptors (Lipinski definition) is 4. The largest absolute Gasteiger partial charge is 0.394 e. The van der Waals surface area contributed by atoms with E-state index in [1.54, 1.807) is 4.90 Å². The molecule has 4 N–H and O–H groups in total. The maximum absolute atomic E-state index is 13.2. The van der Waals surface area contributed by atoms with Crippen LogP contribution in [0, 0.1) is 5.92 Å². The summed E-state index contributed by atoms with van der Waals surface area (Å²) in [5.74, 6) is 0.645. The molecule has 1 aromatic rings. The molecule has 0 aromatic carbocycles. The van der Waals surface area contributed by atoms with Gasteiger partial charge in [0.25, 0.3) is 0 Å².